The second-order valence-corrected chi connectivity index (χ2v) is 4.62. The predicted octanol–water partition coefficient (Wildman–Crippen LogP) is 2.94. The lowest BCUT2D eigenvalue weighted by atomic mass is 10.1. The minimum absolute atomic E-state index is 0.275. The monoisotopic (exact) mass is 236 g/mol. The molecule has 94 valence electrons. The zero-order valence-electron chi connectivity index (χ0n) is 10.7. The zero-order valence-corrected chi connectivity index (χ0v) is 10.7. The van der Waals surface area contributed by atoms with Gasteiger partial charge in [-0.2, -0.15) is 0 Å². The average Bonchev–Trinajstić information content (AvgIpc) is 2.23. The van der Waals surface area contributed by atoms with Crippen LogP contribution in [0.1, 0.15) is 42.6 Å². The van der Waals surface area contributed by atoms with Crippen molar-refractivity contribution in [3.8, 4) is 0 Å². The van der Waals surface area contributed by atoms with E-state index in [-0.39, 0.29) is 5.56 Å². The van der Waals surface area contributed by atoms with Gasteiger partial charge in [0.2, 0.25) is 0 Å². The Morgan fingerprint density at radius 3 is 2.82 bits per heavy atom. The van der Waals surface area contributed by atoms with Crippen molar-refractivity contribution in [1.82, 2.24) is 4.98 Å². The second kappa shape index (κ2) is 6.23. The first-order chi connectivity index (χ1) is 8.02. The van der Waals surface area contributed by atoms with Crippen molar-refractivity contribution in [3.63, 3.8) is 0 Å². The fraction of sp³-hybridized carbons (Fsp3) is 0.538. The van der Waals surface area contributed by atoms with E-state index in [1.54, 1.807) is 19.2 Å². The molecule has 1 rings (SSSR count). The Morgan fingerprint density at radius 2 is 2.24 bits per heavy atom. The first-order valence-electron chi connectivity index (χ1n) is 5.95. The van der Waals surface area contributed by atoms with Gasteiger partial charge in [-0.25, -0.2) is 9.78 Å². The number of anilines is 1. The van der Waals surface area contributed by atoms with E-state index >= 15 is 0 Å². The van der Waals surface area contributed by atoms with E-state index in [1.807, 2.05) is 0 Å². The molecule has 0 aliphatic carbocycles. The summed E-state index contributed by atoms with van der Waals surface area (Å²) in [5, 5.41) is 12.2. The molecule has 4 heteroatoms. The summed E-state index contributed by atoms with van der Waals surface area (Å²) in [6.07, 6.45) is 3.78. The van der Waals surface area contributed by atoms with Crippen LogP contribution in [-0.2, 0) is 0 Å². The lowest BCUT2D eigenvalue weighted by molar-refractivity contribution is 0.0697. The van der Waals surface area contributed by atoms with Crippen LogP contribution in [-0.4, -0.2) is 22.6 Å². The SMILES string of the molecule is Cc1ccnc(NCCCC(C)C)c1C(=O)O. The number of carboxylic acid groups (broad SMARTS) is 1. The molecule has 0 aliphatic heterocycles. The Bertz CT molecular complexity index is 389. The van der Waals surface area contributed by atoms with E-state index in [0.717, 1.165) is 24.9 Å². The second-order valence-electron chi connectivity index (χ2n) is 4.62. The molecule has 4 nitrogen and oxygen atoms in total. The zero-order chi connectivity index (χ0) is 12.8. The van der Waals surface area contributed by atoms with Gasteiger partial charge in [-0.05, 0) is 37.3 Å². The van der Waals surface area contributed by atoms with Gasteiger partial charge in [0.25, 0.3) is 0 Å². The number of aromatic carboxylic acids is 1. The Hall–Kier alpha value is -1.58. The van der Waals surface area contributed by atoms with Crippen molar-refractivity contribution >= 4 is 11.8 Å². The van der Waals surface area contributed by atoms with Crippen LogP contribution in [0.2, 0.25) is 0 Å². The van der Waals surface area contributed by atoms with Gasteiger partial charge < -0.3 is 10.4 Å². The van der Waals surface area contributed by atoms with Crippen LogP contribution < -0.4 is 5.32 Å². The number of nitrogens with one attached hydrogen (secondary N) is 1. The van der Waals surface area contributed by atoms with Gasteiger partial charge in [-0.3, -0.25) is 0 Å². The number of hydrogen-bond donors (Lipinski definition) is 2. The van der Waals surface area contributed by atoms with Crippen molar-refractivity contribution in [2.45, 2.75) is 33.6 Å². The Labute approximate surface area is 102 Å². The van der Waals surface area contributed by atoms with E-state index in [4.69, 9.17) is 5.11 Å². The smallest absolute Gasteiger partial charge is 0.339 e. The molecular formula is C13H20N2O2. The van der Waals surface area contributed by atoms with Gasteiger partial charge in [-0.1, -0.05) is 13.8 Å². The molecule has 2 N–H and O–H groups in total. The van der Waals surface area contributed by atoms with Crippen LogP contribution in [0, 0.1) is 12.8 Å². The largest absolute Gasteiger partial charge is 0.478 e. The molecule has 0 aliphatic rings. The first kappa shape index (κ1) is 13.5. The number of hydrogen-bond acceptors (Lipinski definition) is 3. The Morgan fingerprint density at radius 1 is 1.53 bits per heavy atom. The quantitative estimate of drug-likeness (QED) is 0.745. The maximum atomic E-state index is 11.1. The predicted molar refractivity (Wildman–Crippen MR) is 68.5 cm³/mol. The van der Waals surface area contributed by atoms with E-state index < -0.39 is 5.97 Å². The maximum absolute atomic E-state index is 11.1. The topological polar surface area (TPSA) is 62.2 Å². The lowest BCUT2D eigenvalue weighted by Gasteiger charge is -2.10. The van der Waals surface area contributed by atoms with Gasteiger partial charge in [-0.15, -0.1) is 0 Å². The van der Waals surface area contributed by atoms with Crippen LogP contribution in [0.4, 0.5) is 5.82 Å². The molecule has 0 amide bonds. The number of aryl methyl sites for hydroxylation is 1. The van der Waals surface area contributed by atoms with Gasteiger partial charge in [0.15, 0.2) is 0 Å². The van der Waals surface area contributed by atoms with Gasteiger partial charge in [0.05, 0.1) is 0 Å². The average molecular weight is 236 g/mol. The highest BCUT2D eigenvalue weighted by atomic mass is 16.4. The highest BCUT2D eigenvalue weighted by Gasteiger charge is 2.13. The highest BCUT2D eigenvalue weighted by Crippen LogP contribution is 2.16. The normalized spacial score (nSPS) is 10.6. The fourth-order valence-electron chi connectivity index (χ4n) is 1.68. The Kier molecular flexibility index (Phi) is 4.94. The number of rotatable bonds is 6. The molecule has 0 aromatic carbocycles. The van der Waals surface area contributed by atoms with E-state index in [0.29, 0.717) is 11.7 Å². The third kappa shape index (κ3) is 4.06. The molecule has 0 unspecified atom stereocenters. The van der Waals surface area contributed by atoms with Crippen LogP contribution in [0.3, 0.4) is 0 Å². The molecule has 0 saturated carbocycles. The molecular weight excluding hydrogens is 216 g/mol. The summed E-state index contributed by atoms with van der Waals surface area (Å²) in [6, 6.07) is 1.71. The van der Waals surface area contributed by atoms with Crippen molar-refractivity contribution < 1.29 is 9.90 Å². The molecule has 0 fully saturated rings. The Balaban J connectivity index is 2.64. The summed E-state index contributed by atoms with van der Waals surface area (Å²) in [5.41, 5.74) is 1.01. The van der Waals surface area contributed by atoms with Crippen LogP contribution in [0.15, 0.2) is 12.3 Å². The molecule has 0 bridgehead atoms. The van der Waals surface area contributed by atoms with Crippen molar-refractivity contribution in [2.75, 3.05) is 11.9 Å². The third-order valence-electron chi connectivity index (χ3n) is 2.62. The van der Waals surface area contributed by atoms with E-state index in [2.05, 4.69) is 24.1 Å². The molecule has 1 aromatic heterocycles. The summed E-state index contributed by atoms with van der Waals surface area (Å²) >= 11 is 0. The van der Waals surface area contributed by atoms with Gasteiger partial charge >= 0.3 is 5.97 Å². The van der Waals surface area contributed by atoms with Crippen molar-refractivity contribution in [2.24, 2.45) is 5.92 Å². The van der Waals surface area contributed by atoms with Gasteiger partial charge in [0.1, 0.15) is 11.4 Å². The van der Waals surface area contributed by atoms with E-state index in [1.165, 1.54) is 0 Å². The number of carbonyl (C=O) groups is 1. The summed E-state index contributed by atoms with van der Waals surface area (Å²) < 4.78 is 0. The highest BCUT2D eigenvalue weighted by molar-refractivity contribution is 5.94. The van der Waals surface area contributed by atoms with Gasteiger partial charge in [0, 0.05) is 12.7 Å². The number of nitrogens with zero attached hydrogens (tertiary/aromatic N) is 1. The van der Waals surface area contributed by atoms with Crippen LogP contribution in [0.5, 0.6) is 0 Å². The first-order valence-corrected chi connectivity index (χ1v) is 5.95. The van der Waals surface area contributed by atoms with E-state index in [9.17, 15) is 4.79 Å². The molecule has 0 spiro atoms. The summed E-state index contributed by atoms with van der Waals surface area (Å²) in [7, 11) is 0. The molecule has 0 saturated heterocycles. The number of carboxylic acids is 1. The minimum Gasteiger partial charge on any atom is -0.478 e. The summed E-state index contributed by atoms with van der Waals surface area (Å²) in [5.74, 6) is 0.212. The van der Waals surface area contributed by atoms with Crippen LogP contribution >= 0.6 is 0 Å². The number of pyridine rings is 1. The third-order valence-corrected chi connectivity index (χ3v) is 2.62. The summed E-state index contributed by atoms with van der Waals surface area (Å²) in [4.78, 5) is 15.2. The minimum atomic E-state index is -0.929. The van der Waals surface area contributed by atoms with Crippen molar-refractivity contribution in [1.29, 1.82) is 0 Å². The summed E-state index contributed by atoms with van der Waals surface area (Å²) in [6.45, 7) is 6.89. The molecule has 1 aromatic rings. The standard InChI is InChI=1S/C13H20N2O2/c1-9(2)5-4-7-14-12-11(13(16)17)10(3)6-8-15-12/h6,8-9H,4-5,7H2,1-3H3,(H,14,15)(H,16,17). The molecule has 1 heterocycles. The molecule has 0 radical (unpaired) electrons. The maximum Gasteiger partial charge on any atom is 0.339 e. The molecule has 0 atom stereocenters. The number of aromatic nitrogens is 1. The lowest BCUT2D eigenvalue weighted by Crippen LogP contribution is -2.11. The molecule has 17 heavy (non-hydrogen) atoms. The fourth-order valence-corrected chi connectivity index (χ4v) is 1.68. The van der Waals surface area contributed by atoms with Crippen molar-refractivity contribution in [3.05, 3.63) is 23.4 Å². The van der Waals surface area contributed by atoms with Crippen LogP contribution in [0.25, 0.3) is 0 Å².